The number of phenolic OH excluding ortho intramolecular Hbond substituents is 4. The summed E-state index contributed by atoms with van der Waals surface area (Å²) in [5, 5.41) is 89.1. The summed E-state index contributed by atoms with van der Waals surface area (Å²) < 4.78 is 16.8. The van der Waals surface area contributed by atoms with Crippen LogP contribution < -0.4 is 19.7 Å². The predicted octanol–water partition coefficient (Wildman–Crippen LogP) is 12.1. The third-order valence-electron chi connectivity index (χ3n) is 11.4. The first-order valence-electron chi connectivity index (χ1n) is 22.1. The molecule has 21 heteroatoms. The lowest BCUT2D eigenvalue weighted by Crippen LogP contribution is -2.29. The van der Waals surface area contributed by atoms with Gasteiger partial charge in [-0.05, 0) is 159 Å². The number of methoxy groups -OCH3 is 3. The summed E-state index contributed by atoms with van der Waals surface area (Å²) in [6.07, 6.45) is 0. The summed E-state index contributed by atoms with van der Waals surface area (Å²) >= 11 is 6.21. The molecule has 0 spiro atoms. The minimum Gasteiger partial charge on any atom is -0.504 e. The quantitative estimate of drug-likeness (QED) is 0.0304. The highest BCUT2D eigenvalue weighted by Gasteiger charge is 2.21. The Hall–Kier alpha value is -8.50. The molecule has 8 rings (SSSR count). The SMILES string of the molecule is COc1cc(B(O)O)ccc1C.COc1ccc(-c2ccc(-c3ccc(C)c(C)c3)cc2[N+](=O)[O-])cc1OC.O=[N+]([O-])c1cc(-c2ccc(O)c(O)c2)ccc1-c1ccc(O)c(O)c1.O=[N+]([O-])c1cc(Br)ccc1Br. The summed E-state index contributed by atoms with van der Waals surface area (Å²) in [7, 11) is 3.21. The fourth-order valence-corrected chi connectivity index (χ4v) is 7.89. The van der Waals surface area contributed by atoms with Crippen molar-refractivity contribution in [3.05, 3.63) is 202 Å². The number of rotatable bonds is 11. The average molecular weight is 1150 g/mol. The molecule has 8 aromatic rings. The summed E-state index contributed by atoms with van der Waals surface area (Å²) in [6.45, 7) is 5.97. The third kappa shape index (κ3) is 14.8. The number of nitro groups is 3. The number of aryl methyl sites for hydroxylation is 3. The van der Waals surface area contributed by atoms with Crippen LogP contribution in [0.25, 0.3) is 44.5 Å². The zero-order valence-corrected chi connectivity index (χ0v) is 44.1. The predicted molar refractivity (Wildman–Crippen MR) is 293 cm³/mol. The van der Waals surface area contributed by atoms with Gasteiger partial charge in [-0.2, -0.15) is 0 Å². The van der Waals surface area contributed by atoms with Gasteiger partial charge in [-0.15, -0.1) is 0 Å². The van der Waals surface area contributed by atoms with Crippen molar-refractivity contribution in [2.45, 2.75) is 20.8 Å². The van der Waals surface area contributed by atoms with Crippen LogP contribution in [0.15, 0.2) is 155 Å². The second-order valence-corrected chi connectivity index (χ2v) is 18.0. The first-order valence-corrected chi connectivity index (χ1v) is 23.7. The Balaban J connectivity index is 0.000000198. The normalized spacial score (nSPS) is 10.3. The molecule has 0 amide bonds. The third-order valence-corrected chi connectivity index (χ3v) is 12.5. The van der Waals surface area contributed by atoms with Crippen LogP contribution in [0.5, 0.6) is 40.2 Å². The first-order chi connectivity index (χ1) is 35.6. The van der Waals surface area contributed by atoms with Gasteiger partial charge >= 0.3 is 7.12 Å². The average Bonchev–Trinajstić information content (AvgIpc) is 3.39. The first kappa shape index (κ1) is 57.4. The molecule has 0 saturated carbocycles. The molecule has 0 unspecified atom stereocenters. The van der Waals surface area contributed by atoms with Crippen LogP contribution in [0, 0.1) is 51.1 Å². The van der Waals surface area contributed by atoms with Crippen molar-refractivity contribution in [3.8, 4) is 84.8 Å². The van der Waals surface area contributed by atoms with Crippen molar-refractivity contribution in [1.29, 1.82) is 0 Å². The maximum Gasteiger partial charge on any atom is 0.488 e. The highest BCUT2D eigenvalue weighted by molar-refractivity contribution is 9.11. The van der Waals surface area contributed by atoms with E-state index < -0.39 is 17.0 Å². The van der Waals surface area contributed by atoms with Gasteiger partial charge in [0.2, 0.25) is 0 Å². The summed E-state index contributed by atoms with van der Waals surface area (Å²) in [6, 6.07) is 39.1. The van der Waals surface area contributed by atoms with E-state index in [1.165, 1.54) is 60.2 Å². The van der Waals surface area contributed by atoms with Crippen LogP contribution >= 0.6 is 31.9 Å². The number of benzene rings is 8. The molecule has 0 heterocycles. The Morgan fingerprint density at radius 2 is 0.853 bits per heavy atom. The van der Waals surface area contributed by atoms with E-state index in [2.05, 4.69) is 31.9 Å². The second kappa shape index (κ2) is 25.9. The van der Waals surface area contributed by atoms with E-state index in [9.17, 15) is 50.8 Å². The van der Waals surface area contributed by atoms with Gasteiger partial charge in [-0.1, -0.05) is 76.6 Å². The smallest absolute Gasteiger partial charge is 0.488 e. The maximum absolute atomic E-state index is 11.7. The molecule has 386 valence electrons. The number of nitro benzene ring substituents is 3. The van der Waals surface area contributed by atoms with E-state index in [1.54, 1.807) is 88.1 Å². The highest BCUT2D eigenvalue weighted by Crippen LogP contribution is 2.41. The van der Waals surface area contributed by atoms with Gasteiger partial charge in [0.15, 0.2) is 34.5 Å². The molecule has 0 aliphatic rings. The van der Waals surface area contributed by atoms with Gasteiger partial charge in [0.1, 0.15) is 5.75 Å². The number of ether oxygens (including phenoxy) is 3. The van der Waals surface area contributed by atoms with Crippen molar-refractivity contribution >= 4 is 61.5 Å². The van der Waals surface area contributed by atoms with Crippen molar-refractivity contribution < 1.29 is 59.5 Å². The summed E-state index contributed by atoms with van der Waals surface area (Å²) in [5.41, 5.74) is 8.32. The molecule has 18 nitrogen and oxygen atoms in total. The van der Waals surface area contributed by atoms with Crippen molar-refractivity contribution in [2.24, 2.45) is 0 Å². The fourth-order valence-electron chi connectivity index (χ4n) is 7.15. The molecule has 6 N–H and O–H groups in total. The monoisotopic (exact) mass is 1150 g/mol. The fraction of sp³-hybridized carbons (Fsp3) is 0.111. The van der Waals surface area contributed by atoms with Crippen molar-refractivity contribution in [3.63, 3.8) is 0 Å². The molecule has 0 aromatic heterocycles. The minimum atomic E-state index is -1.43. The van der Waals surface area contributed by atoms with Crippen LogP contribution in [-0.4, -0.2) is 73.7 Å². The topological polar surface area (TPSA) is 278 Å². The Morgan fingerprint density at radius 1 is 0.413 bits per heavy atom. The molecular formula is C54H48BBr2N3O15. The van der Waals surface area contributed by atoms with Crippen LogP contribution in [0.1, 0.15) is 16.7 Å². The largest absolute Gasteiger partial charge is 0.504 e. The number of hydrogen-bond donors (Lipinski definition) is 6. The van der Waals surface area contributed by atoms with Gasteiger partial charge in [-0.3, -0.25) is 30.3 Å². The molecule has 8 aromatic carbocycles. The van der Waals surface area contributed by atoms with E-state index in [4.69, 9.17) is 24.3 Å². The van der Waals surface area contributed by atoms with Crippen molar-refractivity contribution in [2.75, 3.05) is 21.3 Å². The van der Waals surface area contributed by atoms with Crippen LogP contribution in [-0.2, 0) is 0 Å². The van der Waals surface area contributed by atoms with Gasteiger partial charge < -0.3 is 44.7 Å². The number of halogens is 2. The number of nitrogens with zero attached hydrogens (tertiary/aromatic N) is 3. The summed E-state index contributed by atoms with van der Waals surface area (Å²) in [4.78, 5) is 32.2. The zero-order valence-electron chi connectivity index (χ0n) is 40.9. The van der Waals surface area contributed by atoms with E-state index in [-0.39, 0.29) is 50.5 Å². The number of aromatic hydroxyl groups is 4. The Bertz CT molecular complexity index is 3390. The molecule has 0 aliphatic heterocycles. The Kier molecular flexibility index (Phi) is 19.9. The lowest BCUT2D eigenvalue weighted by atomic mass is 9.80. The lowest BCUT2D eigenvalue weighted by molar-refractivity contribution is -0.385. The maximum atomic E-state index is 11.7. The molecule has 0 bridgehead atoms. The standard InChI is InChI=1S/C22H21NO4.C18H13NO6.C8H11BO3.C6H3Br2NO2/c1-14-5-6-16(11-15(14)2)17-7-9-19(20(12-17)23(24)25)18-8-10-21(26-3)22(13-18)27-4;20-15-5-2-11(8-17(15)22)10-1-4-13(14(7-10)19(24)25)12-3-6-16(21)18(23)9-12;1-6-3-4-7(9(10)11)5-8(6)12-2;7-4-1-2-5(8)6(3-4)9(10)11/h5-13H,1-4H3;1-9,20-23H;3-5,10-11H,1-2H3;1-3H. The molecule has 0 radical (unpaired) electrons. The van der Waals surface area contributed by atoms with Gasteiger partial charge in [0.25, 0.3) is 17.1 Å². The molecule has 0 aliphatic carbocycles. The summed E-state index contributed by atoms with van der Waals surface area (Å²) in [5.74, 6) is 0.475. The zero-order chi connectivity index (χ0) is 55.3. The molecule has 0 atom stereocenters. The Morgan fingerprint density at radius 3 is 1.33 bits per heavy atom. The molecule has 0 fully saturated rings. The van der Waals surface area contributed by atoms with Crippen molar-refractivity contribution in [1.82, 2.24) is 0 Å². The molecular weight excluding hydrogens is 1100 g/mol. The number of phenols is 4. The van der Waals surface area contributed by atoms with E-state index in [0.29, 0.717) is 59.5 Å². The van der Waals surface area contributed by atoms with Gasteiger partial charge in [0.05, 0.1) is 51.7 Å². The highest BCUT2D eigenvalue weighted by atomic mass is 79.9. The molecule has 0 saturated heterocycles. The van der Waals surface area contributed by atoms with E-state index >= 15 is 0 Å². The van der Waals surface area contributed by atoms with Crippen LogP contribution in [0.3, 0.4) is 0 Å². The van der Waals surface area contributed by atoms with Crippen LogP contribution in [0.4, 0.5) is 17.1 Å². The second-order valence-electron chi connectivity index (χ2n) is 16.2. The van der Waals surface area contributed by atoms with E-state index in [1.807, 2.05) is 45.0 Å². The lowest BCUT2D eigenvalue weighted by Gasteiger charge is -2.11. The number of hydrogen-bond acceptors (Lipinski definition) is 15. The minimum absolute atomic E-state index is 0.0537. The van der Waals surface area contributed by atoms with Gasteiger partial charge in [-0.25, -0.2) is 0 Å². The van der Waals surface area contributed by atoms with Crippen LogP contribution in [0.2, 0.25) is 0 Å². The van der Waals surface area contributed by atoms with Gasteiger partial charge in [0, 0.05) is 22.7 Å². The molecule has 75 heavy (non-hydrogen) atoms. The van der Waals surface area contributed by atoms with E-state index in [0.717, 1.165) is 22.3 Å². The Labute approximate surface area is 447 Å².